The normalized spacial score (nSPS) is 17.4. The number of hydrogen-bond acceptors (Lipinski definition) is 4. The number of sulfonamides is 1. The van der Waals surface area contributed by atoms with Crippen molar-refractivity contribution in [3.05, 3.63) is 53.1 Å². The van der Waals surface area contributed by atoms with E-state index in [-0.39, 0.29) is 10.8 Å². The fourth-order valence-electron chi connectivity index (χ4n) is 2.57. The van der Waals surface area contributed by atoms with E-state index in [1.807, 2.05) is 18.2 Å². The minimum atomic E-state index is -3.55. The van der Waals surface area contributed by atoms with Gasteiger partial charge in [-0.25, -0.2) is 13.1 Å². The Labute approximate surface area is 146 Å². The molecule has 0 spiro atoms. The largest absolute Gasteiger partial charge is 0.493 e. The van der Waals surface area contributed by atoms with Gasteiger partial charge in [-0.2, -0.15) is 0 Å². The third-order valence-electron chi connectivity index (χ3n) is 3.80. The monoisotopic (exact) mass is 369 g/mol. The van der Waals surface area contributed by atoms with Crippen molar-refractivity contribution in [3.8, 4) is 5.75 Å². The van der Waals surface area contributed by atoms with Crippen molar-refractivity contribution < 1.29 is 13.2 Å². The lowest BCUT2D eigenvalue weighted by Crippen LogP contribution is -2.30. The molecule has 0 amide bonds. The number of benzene rings is 2. The van der Waals surface area contributed by atoms with Gasteiger partial charge in [0.2, 0.25) is 10.0 Å². The Bertz CT molecular complexity index is 807. The molecular weight excluding hydrogens is 354 g/mol. The van der Waals surface area contributed by atoms with Crippen molar-refractivity contribution in [2.24, 2.45) is 0 Å². The molecule has 2 aromatic rings. The molecule has 1 aliphatic heterocycles. The molecule has 0 saturated heterocycles. The first-order valence-electron chi connectivity index (χ1n) is 7.17. The number of rotatable bonds is 4. The Morgan fingerprint density at radius 2 is 1.96 bits per heavy atom. The van der Waals surface area contributed by atoms with Crippen molar-refractivity contribution in [1.82, 2.24) is 4.72 Å². The van der Waals surface area contributed by atoms with Crippen LogP contribution in [0.25, 0.3) is 0 Å². The summed E-state index contributed by atoms with van der Waals surface area (Å²) in [5, 5.41) is 0.505. The van der Waals surface area contributed by atoms with Gasteiger partial charge in [0.1, 0.15) is 5.75 Å². The van der Waals surface area contributed by atoms with Crippen LogP contribution in [-0.2, 0) is 10.0 Å². The zero-order chi connectivity index (χ0) is 16.4. The van der Waals surface area contributed by atoms with E-state index in [0.717, 1.165) is 22.6 Å². The smallest absolute Gasteiger partial charge is 0.240 e. The van der Waals surface area contributed by atoms with E-state index in [1.54, 1.807) is 12.1 Å². The lowest BCUT2D eigenvalue weighted by molar-refractivity contribution is 0.266. The van der Waals surface area contributed by atoms with Crippen LogP contribution < -0.4 is 9.46 Å². The molecule has 1 N–H and O–H groups in total. The quantitative estimate of drug-likeness (QED) is 0.811. The summed E-state index contributed by atoms with van der Waals surface area (Å²) in [7, 11) is -3.55. The Hall–Kier alpha value is -1.21. The maximum absolute atomic E-state index is 12.4. The molecule has 7 heteroatoms. The van der Waals surface area contributed by atoms with Crippen LogP contribution in [0.3, 0.4) is 0 Å². The van der Waals surface area contributed by atoms with Crippen molar-refractivity contribution >= 4 is 34.3 Å². The number of fused-ring (bicyclic) bond motifs is 1. The van der Waals surface area contributed by atoms with E-state index < -0.39 is 10.0 Å². The molecule has 0 aromatic heterocycles. The van der Waals surface area contributed by atoms with Crippen LogP contribution in [0, 0.1) is 0 Å². The van der Waals surface area contributed by atoms with E-state index in [0.29, 0.717) is 18.2 Å². The zero-order valence-electron chi connectivity index (χ0n) is 12.2. The van der Waals surface area contributed by atoms with Crippen LogP contribution in [0.2, 0.25) is 5.02 Å². The Balaban J connectivity index is 1.75. The summed E-state index contributed by atoms with van der Waals surface area (Å²) in [5.74, 6) is 0.856. The SMILES string of the molecule is O=S(=O)(NCC1CCOc2cc(S)ccc21)c1ccc(Cl)cc1. The van der Waals surface area contributed by atoms with Crippen LogP contribution in [0.4, 0.5) is 0 Å². The Morgan fingerprint density at radius 3 is 2.70 bits per heavy atom. The number of thiol groups is 1. The van der Waals surface area contributed by atoms with Crippen LogP contribution in [0.5, 0.6) is 5.75 Å². The van der Waals surface area contributed by atoms with Gasteiger partial charge in [0.15, 0.2) is 0 Å². The average molecular weight is 370 g/mol. The second kappa shape index (κ2) is 6.73. The molecule has 1 aliphatic rings. The van der Waals surface area contributed by atoms with Gasteiger partial charge in [0.25, 0.3) is 0 Å². The van der Waals surface area contributed by atoms with Crippen molar-refractivity contribution in [2.45, 2.75) is 22.1 Å². The second-order valence-corrected chi connectivity index (χ2v) is 8.08. The minimum absolute atomic E-state index is 0.0785. The molecular formula is C16H16ClNO3S2. The zero-order valence-corrected chi connectivity index (χ0v) is 14.7. The van der Waals surface area contributed by atoms with E-state index in [9.17, 15) is 8.42 Å². The molecule has 1 heterocycles. The molecule has 0 saturated carbocycles. The predicted octanol–water partition coefficient (Wildman–Crippen LogP) is 3.47. The standard InChI is InChI=1S/C16H16ClNO3S2/c17-12-1-4-14(5-2-12)23(19,20)18-10-11-7-8-21-16-9-13(22)3-6-15(11)16/h1-6,9,11,18,22H,7-8,10H2. The first-order chi connectivity index (χ1) is 11.0. The average Bonchev–Trinajstić information content (AvgIpc) is 2.53. The van der Waals surface area contributed by atoms with Crippen molar-refractivity contribution in [1.29, 1.82) is 0 Å². The number of hydrogen-bond donors (Lipinski definition) is 2. The summed E-state index contributed by atoms with van der Waals surface area (Å²) in [6.45, 7) is 0.894. The minimum Gasteiger partial charge on any atom is -0.493 e. The lowest BCUT2D eigenvalue weighted by Gasteiger charge is -2.26. The fourth-order valence-corrected chi connectivity index (χ4v) is 3.97. The van der Waals surface area contributed by atoms with E-state index in [4.69, 9.17) is 16.3 Å². The third kappa shape index (κ3) is 3.83. The third-order valence-corrected chi connectivity index (χ3v) is 5.77. The molecule has 2 aromatic carbocycles. The van der Waals surface area contributed by atoms with Crippen LogP contribution in [0.1, 0.15) is 17.9 Å². The summed E-state index contributed by atoms with van der Waals surface area (Å²) in [5.41, 5.74) is 1.01. The van der Waals surface area contributed by atoms with Gasteiger partial charge < -0.3 is 4.74 Å². The predicted molar refractivity (Wildman–Crippen MR) is 93.2 cm³/mol. The summed E-state index contributed by atoms with van der Waals surface area (Å²) in [6, 6.07) is 11.8. The van der Waals surface area contributed by atoms with E-state index >= 15 is 0 Å². The van der Waals surface area contributed by atoms with Crippen molar-refractivity contribution in [3.63, 3.8) is 0 Å². The van der Waals surface area contributed by atoms with Crippen LogP contribution in [0.15, 0.2) is 52.3 Å². The Morgan fingerprint density at radius 1 is 1.22 bits per heavy atom. The van der Waals surface area contributed by atoms with E-state index in [2.05, 4.69) is 17.4 Å². The summed E-state index contributed by atoms with van der Waals surface area (Å²) in [4.78, 5) is 1.03. The number of ether oxygens (including phenoxy) is 1. The Kier molecular flexibility index (Phi) is 4.87. The molecule has 0 aliphatic carbocycles. The topological polar surface area (TPSA) is 55.4 Å². The first kappa shape index (κ1) is 16.6. The molecule has 0 radical (unpaired) electrons. The fraction of sp³-hybridized carbons (Fsp3) is 0.250. The maximum atomic E-state index is 12.4. The van der Waals surface area contributed by atoms with E-state index in [1.165, 1.54) is 12.1 Å². The maximum Gasteiger partial charge on any atom is 0.240 e. The number of nitrogens with one attached hydrogen (secondary N) is 1. The van der Waals surface area contributed by atoms with Gasteiger partial charge in [-0.15, -0.1) is 12.6 Å². The van der Waals surface area contributed by atoms with Crippen LogP contribution >= 0.6 is 24.2 Å². The molecule has 0 fully saturated rings. The highest BCUT2D eigenvalue weighted by Crippen LogP contribution is 2.34. The van der Waals surface area contributed by atoms with Crippen molar-refractivity contribution in [2.75, 3.05) is 13.2 Å². The molecule has 3 rings (SSSR count). The highest BCUT2D eigenvalue weighted by atomic mass is 35.5. The molecule has 122 valence electrons. The van der Waals surface area contributed by atoms with Gasteiger partial charge in [-0.05, 0) is 48.4 Å². The highest BCUT2D eigenvalue weighted by Gasteiger charge is 2.24. The molecule has 4 nitrogen and oxygen atoms in total. The van der Waals surface area contributed by atoms with Gasteiger partial charge in [-0.1, -0.05) is 17.7 Å². The van der Waals surface area contributed by atoms with Gasteiger partial charge in [-0.3, -0.25) is 0 Å². The summed E-state index contributed by atoms with van der Waals surface area (Å²) in [6.07, 6.45) is 0.766. The van der Waals surface area contributed by atoms with Gasteiger partial charge in [0, 0.05) is 22.4 Å². The summed E-state index contributed by atoms with van der Waals surface area (Å²) < 4.78 is 33.0. The molecule has 0 bridgehead atoms. The molecule has 1 atom stereocenters. The van der Waals surface area contributed by atoms with Gasteiger partial charge in [0.05, 0.1) is 11.5 Å². The highest BCUT2D eigenvalue weighted by molar-refractivity contribution is 7.89. The second-order valence-electron chi connectivity index (χ2n) is 5.36. The molecule has 23 heavy (non-hydrogen) atoms. The lowest BCUT2D eigenvalue weighted by atomic mass is 9.93. The number of halogens is 1. The first-order valence-corrected chi connectivity index (χ1v) is 9.47. The van der Waals surface area contributed by atoms with Crippen LogP contribution in [-0.4, -0.2) is 21.6 Å². The van der Waals surface area contributed by atoms with Gasteiger partial charge >= 0.3 is 0 Å². The molecule has 1 unspecified atom stereocenters. The summed E-state index contributed by atoms with van der Waals surface area (Å²) >= 11 is 10.1.